The molecule has 0 aromatic carbocycles. The van der Waals surface area contributed by atoms with Crippen LogP contribution in [0, 0.1) is 0 Å². The van der Waals surface area contributed by atoms with Gasteiger partial charge in [0.15, 0.2) is 0 Å². The van der Waals surface area contributed by atoms with E-state index in [-0.39, 0.29) is 11.3 Å². The van der Waals surface area contributed by atoms with E-state index in [2.05, 4.69) is 15.6 Å². The van der Waals surface area contributed by atoms with Gasteiger partial charge in [-0.3, -0.25) is 0 Å². The third-order valence-electron chi connectivity index (χ3n) is 3.69. The van der Waals surface area contributed by atoms with Gasteiger partial charge in [-0.15, -0.1) is 5.10 Å². The Morgan fingerprint density at radius 2 is 2.26 bits per heavy atom. The van der Waals surface area contributed by atoms with Gasteiger partial charge in [0.2, 0.25) is 0 Å². The zero-order chi connectivity index (χ0) is 13.9. The van der Waals surface area contributed by atoms with E-state index in [1.54, 1.807) is 0 Å². The normalized spacial score (nSPS) is 24.5. The van der Waals surface area contributed by atoms with Crippen molar-refractivity contribution in [1.29, 1.82) is 0 Å². The topological polar surface area (TPSA) is 76.9 Å². The summed E-state index contributed by atoms with van der Waals surface area (Å²) < 4.78 is 25.1. The van der Waals surface area contributed by atoms with Crippen LogP contribution in [0.25, 0.3) is 0 Å². The van der Waals surface area contributed by atoms with E-state index < -0.39 is 9.84 Å². The highest BCUT2D eigenvalue weighted by atomic mass is 32.2. The van der Waals surface area contributed by atoms with Crippen molar-refractivity contribution < 1.29 is 8.42 Å². The van der Waals surface area contributed by atoms with Crippen LogP contribution in [0.3, 0.4) is 0 Å². The lowest BCUT2D eigenvalue weighted by Crippen LogP contribution is -2.29. The third-order valence-corrected chi connectivity index (χ3v) is 5.33. The minimum Gasteiger partial charge on any atom is -0.311 e. The summed E-state index contributed by atoms with van der Waals surface area (Å²) in [6, 6.07) is 0.163. The lowest BCUT2D eigenvalue weighted by Gasteiger charge is -2.27. The largest absolute Gasteiger partial charge is 0.311 e. The van der Waals surface area contributed by atoms with Gasteiger partial charge in [-0.25, -0.2) is 13.1 Å². The number of rotatable bonds is 5. The Kier molecular flexibility index (Phi) is 4.57. The van der Waals surface area contributed by atoms with Crippen LogP contribution in [-0.4, -0.2) is 41.5 Å². The molecule has 0 spiro atoms. The third kappa shape index (κ3) is 3.76. The van der Waals surface area contributed by atoms with Crippen LogP contribution in [0.15, 0.2) is 6.20 Å². The second-order valence-electron chi connectivity index (χ2n) is 5.24. The molecule has 0 bridgehead atoms. The van der Waals surface area contributed by atoms with Crippen LogP contribution in [0.5, 0.6) is 0 Å². The molecule has 2 atom stereocenters. The molecule has 2 unspecified atom stereocenters. The molecule has 1 aromatic rings. The smallest absolute Gasteiger partial charge is 0.150 e. The van der Waals surface area contributed by atoms with E-state index in [0.29, 0.717) is 13.0 Å². The molecule has 2 rings (SSSR count). The van der Waals surface area contributed by atoms with E-state index in [9.17, 15) is 8.42 Å². The molecule has 19 heavy (non-hydrogen) atoms. The number of sulfone groups is 1. The quantitative estimate of drug-likeness (QED) is 0.871. The standard InChI is InChI=1S/C12H22N4O2S/c1-3-13-8-10-9-16(15-14-10)11-5-4-6-12(7-11)19(2,17)18/h9,11-13H,3-8H2,1-2H3. The van der Waals surface area contributed by atoms with Gasteiger partial charge in [-0.05, 0) is 25.8 Å². The maximum absolute atomic E-state index is 11.7. The fourth-order valence-electron chi connectivity index (χ4n) is 2.58. The zero-order valence-electron chi connectivity index (χ0n) is 11.5. The van der Waals surface area contributed by atoms with Gasteiger partial charge in [0.25, 0.3) is 0 Å². The van der Waals surface area contributed by atoms with Crippen molar-refractivity contribution in [3.8, 4) is 0 Å². The Labute approximate surface area is 114 Å². The van der Waals surface area contributed by atoms with Crippen molar-refractivity contribution >= 4 is 9.84 Å². The number of nitrogens with zero attached hydrogens (tertiary/aromatic N) is 3. The zero-order valence-corrected chi connectivity index (χ0v) is 12.4. The minimum absolute atomic E-state index is 0.163. The summed E-state index contributed by atoms with van der Waals surface area (Å²) in [7, 11) is -2.95. The maximum Gasteiger partial charge on any atom is 0.150 e. The lowest BCUT2D eigenvalue weighted by atomic mass is 9.95. The Hall–Kier alpha value is -0.950. The maximum atomic E-state index is 11.7. The first-order chi connectivity index (χ1) is 9.00. The molecule has 1 N–H and O–H groups in total. The van der Waals surface area contributed by atoms with Gasteiger partial charge in [0.05, 0.1) is 23.2 Å². The van der Waals surface area contributed by atoms with E-state index in [1.807, 2.05) is 17.8 Å². The summed E-state index contributed by atoms with van der Waals surface area (Å²) in [4.78, 5) is 0. The highest BCUT2D eigenvalue weighted by Crippen LogP contribution is 2.31. The molecule has 0 saturated heterocycles. The first-order valence-electron chi connectivity index (χ1n) is 6.81. The van der Waals surface area contributed by atoms with Crippen LogP contribution in [0.1, 0.15) is 44.3 Å². The summed E-state index contributed by atoms with van der Waals surface area (Å²) in [6.45, 7) is 3.65. The Balaban J connectivity index is 2.03. The molecule has 1 aromatic heterocycles. The van der Waals surface area contributed by atoms with Crippen LogP contribution in [0.2, 0.25) is 0 Å². The van der Waals surface area contributed by atoms with Gasteiger partial charge in [-0.2, -0.15) is 0 Å². The van der Waals surface area contributed by atoms with Crippen molar-refractivity contribution in [1.82, 2.24) is 20.3 Å². The van der Waals surface area contributed by atoms with E-state index >= 15 is 0 Å². The van der Waals surface area contributed by atoms with E-state index in [4.69, 9.17) is 0 Å². The molecule has 6 nitrogen and oxygen atoms in total. The van der Waals surface area contributed by atoms with Crippen LogP contribution in [0.4, 0.5) is 0 Å². The van der Waals surface area contributed by atoms with Gasteiger partial charge >= 0.3 is 0 Å². The summed E-state index contributed by atoms with van der Waals surface area (Å²) in [6.07, 6.45) is 6.61. The highest BCUT2D eigenvalue weighted by Gasteiger charge is 2.30. The van der Waals surface area contributed by atoms with Crippen LogP contribution in [-0.2, 0) is 16.4 Å². The van der Waals surface area contributed by atoms with E-state index in [1.165, 1.54) is 6.26 Å². The van der Waals surface area contributed by atoms with Crippen molar-refractivity contribution in [3.63, 3.8) is 0 Å². The van der Waals surface area contributed by atoms with Crippen LogP contribution < -0.4 is 5.32 Å². The number of hydrogen-bond acceptors (Lipinski definition) is 5. The number of hydrogen-bond donors (Lipinski definition) is 1. The van der Waals surface area contributed by atoms with Crippen molar-refractivity contribution in [3.05, 3.63) is 11.9 Å². The molecule has 1 aliphatic rings. The van der Waals surface area contributed by atoms with Crippen molar-refractivity contribution in [2.45, 2.75) is 50.4 Å². The van der Waals surface area contributed by atoms with Crippen molar-refractivity contribution in [2.75, 3.05) is 12.8 Å². The molecule has 108 valence electrons. The summed E-state index contributed by atoms with van der Waals surface area (Å²) in [5.74, 6) is 0. The molecular weight excluding hydrogens is 264 g/mol. The van der Waals surface area contributed by atoms with Crippen molar-refractivity contribution in [2.24, 2.45) is 0 Å². The molecule has 1 saturated carbocycles. The second kappa shape index (κ2) is 6.00. The molecule has 0 aliphatic heterocycles. The first-order valence-corrected chi connectivity index (χ1v) is 8.76. The number of nitrogens with one attached hydrogen (secondary N) is 1. The van der Waals surface area contributed by atoms with Gasteiger partial charge in [-0.1, -0.05) is 18.6 Å². The number of aromatic nitrogens is 3. The monoisotopic (exact) mass is 286 g/mol. The summed E-state index contributed by atoms with van der Waals surface area (Å²) in [5, 5.41) is 11.2. The highest BCUT2D eigenvalue weighted by molar-refractivity contribution is 7.91. The molecule has 0 radical (unpaired) electrons. The molecular formula is C12H22N4O2S. The first kappa shape index (κ1) is 14.5. The minimum atomic E-state index is -2.95. The van der Waals surface area contributed by atoms with Gasteiger partial charge < -0.3 is 5.32 Å². The van der Waals surface area contributed by atoms with Gasteiger partial charge in [0, 0.05) is 12.8 Å². The van der Waals surface area contributed by atoms with Crippen LogP contribution >= 0.6 is 0 Å². The molecule has 1 heterocycles. The average Bonchev–Trinajstić information content (AvgIpc) is 2.84. The average molecular weight is 286 g/mol. The second-order valence-corrected chi connectivity index (χ2v) is 7.57. The SMILES string of the molecule is CCNCc1cn(C2CCCC(S(C)(=O)=O)C2)nn1. The Morgan fingerprint density at radius 1 is 1.47 bits per heavy atom. The molecule has 1 aliphatic carbocycles. The van der Waals surface area contributed by atoms with E-state index in [0.717, 1.165) is 31.5 Å². The summed E-state index contributed by atoms with van der Waals surface area (Å²) >= 11 is 0. The fraction of sp³-hybridized carbons (Fsp3) is 0.833. The predicted molar refractivity (Wildman–Crippen MR) is 73.5 cm³/mol. The molecule has 1 fully saturated rings. The Bertz CT molecular complexity index is 512. The molecule has 7 heteroatoms. The predicted octanol–water partition coefficient (Wildman–Crippen LogP) is 0.916. The Morgan fingerprint density at radius 3 is 2.95 bits per heavy atom. The molecule has 0 amide bonds. The lowest BCUT2D eigenvalue weighted by molar-refractivity contribution is 0.324. The summed E-state index contributed by atoms with van der Waals surface area (Å²) in [5.41, 5.74) is 0.906. The van der Waals surface area contributed by atoms with Gasteiger partial charge in [0.1, 0.15) is 9.84 Å². The fourth-order valence-corrected chi connectivity index (χ4v) is 3.74.